The third kappa shape index (κ3) is 2.88. The Morgan fingerprint density at radius 1 is 1.55 bits per heavy atom. The lowest BCUT2D eigenvalue weighted by Crippen LogP contribution is -2.53. The molecule has 20 heavy (non-hydrogen) atoms. The summed E-state index contributed by atoms with van der Waals surface area (Å²) in [7, 11) is -3.82. The molecule has 0 amide bonds. The van der Waals surface area contributed by atoms with Crippen molar-refractivity contribution in [1.29, 1.82) is 0 Å². The van der Waals surface area contributed by atoms with Gasteiger partial charge in [0.05, 0.1) is 11.7 Å². The number of hydrogen-bond donors (Lipinski definition) is 1. The normalized spacial score (nSPS) is 23.6. The van der Waals surface area contributed by atoms with Crippen LogP contribution in [0.3, 0.4) is 0 Å². The summed E-state index contributed by atoms with van der Waals surface area (Å²) in [6, 6.07) is 1.34. The van der Waals surface area contributed by atoms with Crippen LogP contribution in [-0.2, 0) is 14.8 Å². The summed E-state index contributed by atoms with van der Waals surface area (Å²) < 4.78 is 32.2. The maximum Gasteiger partial charge on any atom is 0.347 e. The Kier molecular flexibility index (Phi) is 3.94. The van der Waals surface area contributed by atoms with Crippen LogP contribution in [-0.4, -0.2) is 48.6 Å². The average Bonchev–Trinajstić information content (AvgIpc) is 2.75. The summed E-state index contributed by atoms with van der Waals surface area (Å²) in [6.45, 7) is 5.86. The first-order valence-corrected chi connectivity index (χ1v) is 8.44. The molecule has 0 aromatic carbocycles. The summed E-state index contributed by atoms with van der Waals surface area (Å²) in [5, 5.41) is 10.6. The van der Waals surface area contributed by atoms with Crippen LogP contribution in [0, 0.1) is 0 Å². The predicted octanol–water partition coefficient (Wildman–Crippen LogP) is 1.63. The number of aromatic carboxylic acids is 1. The van der Waals surface area contributed by atoms with Crippen LogP contribution >= 0.6 is 11.3 Å². The van der Waals surface area contributed by atoms with E-state index >= 15 is 0 Å². The average molecular weight is 319 g/mol. The highest BCUT2D eigenvalue weighted by atomic mass is 32.2. The summed E-state index contributed by atoms with van der Waals surface area (Å²) in [5.74, 6) is -1.22. The molecule has 0 aliphatic carbocycles. The third-order valence-electron chi connectivity index (χ3n) is 2.98. The van der Waals surface area contributed by atoms with Crippen molar-refractivity contribution in [3.63, 3.8) is 0 Å². The van der Waals surface area contributed by atoms with Gasteiger partial charge < -0.3 is 9.84 Å². The van der Waals surface area contributed by atoms with Crippen LogP contribution in [0.25, 0.3) is 0 Å². The number of rotatable bonds is 3. The molecular weight excluding hydrogens is 302 g/mol. The molecule has 0 bridgehead atoms. The van der Waals surface area contributed by atoms with Gasteiger partial charge in [0, 0.05) is 13.1 Å². The minimum absolute atomic E-state index is 0.139. The van der Waals surface area contributed by atoms with Gasteiger partial charge >= 0.3 is 5.97 Å². The van der Waals surface area contributed by atoms with Gasteiger partial charge in [-0.05, 0) is 32.2 Å². The van der Waals surface area contributed by atoms with E-state index in [4.69, 9.17) is 9.84 Å². The van der Waals surface area contributed by atoms with Crippen molar-refractivity contribution in [2.24, 2.45) is 0 Å². The lowest BCUT2D eigenvalue weighted by atomic mass is 10.1. The van der Waals surface area contributed by atoms with E-state index in [9.17, 15) is 13.2 Å². The van der Waals surface area contributed by atoms with Gasteiger partial charge in [0.15, 0.2) is 0 Å². The molecule has 0 saturated carbocycles. The largest absolute Gasteiger partial charge is 0.477 e. The lowest BCUT2D eigenvalue weighted by molar-refractivity contribution is -0.109. The first kappa shape index (κ1) is 15.4. The number of thiophene rings is 1. The highest BCUT2D eigenvalue weighted by molar-refractivity contribution is 7.89. The molecule has 1 aromatic heterocycles. The van der Waals surface area contributed by atoms with E-state index in [2.05, 4.69) is 0 Å². The minimum Gasteiger partial charge on any atom is -0.477 e. The van der Waals surface area contributed by atoms with Crippen molar-refractivity contribution in [2.75, 3.05) is 13.1 Å². The second-order valence-electron chi connectivity index (χ2n) is 5.40. The van der Waals surface area contributed by atoms with Crippen LogP contribution in [0.2, 0.25) is 0 Å². The SMILES string of the molecule is CC1CN(S(=O)(=O)c2ccsc2C(=O)O)CC(C)(C)O1. The fraction of sp³-hybridized carbons (Fsp3) is 0.583. The fourth-order valence-corrected chi connectivity index (χ4v) is 5.27. The smallest absolute Gasteiger partial charge is 0.347 e. The molecule has 1 unspecified atom stereocenters. The van der Waals surface area contributed by atoms with Crippen molar-refractivity contribution in [1.82, 2.24) is 4.31 Å². The van der Waals surface area contributed by atoms with E-state index < -0.39 is 21.6 Å². The fourth-order valence-electron chi connectivity index (χ4n) is 2.37. The number of morpholine rings is 1. The number of carboxylic acid groups (broad SMARTS) is 1. The third-order valence-corrected chi connectivity index (χ3v) is 5.86. The molecule has 1 N–H and O–H groups in total. The van der Waals surface area contributed by atoms with Gasteiger partial charge in [-0.15, -0.1) is 11.3 Å². The van der Waals surface area contributed by atoms with Crippen molar-refractivity contribution in [3.8, 4) is 0 Å². The lowest BCUT2D eigenvalue weighted by Gasteiger charge is -2.40. The molecular formula is C12H17NO5S2. The first-order chi connectivity index (χ1) is 9.13. The topological polar surface area (TPSA) is 83.9 Å². The van der Waals surface area contributed by atoms with E-state index in [0.29, 0.717) is 0 Å². The van der Waals surface area contributed by atoms with Crippen molar-refractivity contribution in [2.45, 2.75) is 37.4 Å². The molecule has 6 nitrogen and oxygen atoms in total. The standard InChI is InChI=1S/C12H17NO5S2/c1-8-6-13(7-12(2,3)18-8)20(16,17)9-4-5-19-10(9)11(14)15/h4-5,8H,6-7H2,1-3H3,(H,14,15). The Hall–Kier alpha value is -0.960. The number of carbonyl (C=O) groups is 1. The monoisotopic (exact) mass is 319 g/mol. The molecule has 1 atom stereocenters. The van der Waals surface area contributed by atoms with Crippen LogP contribution in [0.15, 0.2) is 16.3 Å². The maximum atomic E-state index is 12.6. The molecule has 1 saturated heterocycles. The summed E-state index contributed by atoms with van der Waals surface area (Å²) in [4.78, 5) is 10.8. The van der Waals surface area contributed by atoms with Crippen LogP contribution in [0.5, 0.6) is 0 Å². The zero-order valence-corrected chi connectivity index (χ0v) is 13.1. The van der Waals surface area contributed by atoms with Crippen molar-refractivity contribution >= 4 is 27.3 Å². The molecule has 8 heteroatoms. The van der Waals surface area contributed by atoms with Gasteiger partial charge in [-0.25, -0.2) is 13.2 Å². The van der Waals surface area contributed by atoms with E-state index in [1.807, 2.05) is 13.8 Å². The number of ether oxygens (including phenoxy) is 1. The Morgan fingerprint density at radius 2 is 2.20 bits per heavy atom. The maximum absolute atomic E-state index is 12.6. The molecule has 1 aromatic rings. The quantitative estimate of drug-likeness (QED) is 0.915. The zero-order chi connectivity index (χ0) is 15.1. The van der Waals surface area contributed by atoms with Gasteiger partial charge in [-0.2, -0.15) is 4.31 Å². The molecule has 2 rings (SSSR count). The van der Waals surface area contributed by atoms with Crippen LogP contribution in [0.4, 0.5) is 0 Å². The molecule has 1 aliphatic heterocycles. The summed E-state index contributed by atoms with van der Waals surface area (Å²) >= 11 is 0.913. The van der Waals surface area contributed by atoms with Gasteiger partial charge in [0.1, 0.15) is 9.77 Å². The van der Waals surface area contributed by atoms with Gasteiger partial charge in [-0.1, -0.05) is 0 Å². The van der Waals surface area contributed by atoms with Gasteiger partial charge in [0.25, 0.3) is 0 Å². The van der Waals surface area contributed by atoms with E-state index in [0.717, 1.165) is 11.3 Å². The first-order valence-electron chi connectivity index (χ1n) is 6.12. The Bertz CT molecular complexity index is 620. The Morgan fingerprint density at radius 3 is 2.75 bits per heavy atom. The number of sulfonamides is 1. The second-order valence-corrected chi connectivity index (χ2v) is 8.23. The van der Waals surface area contributed by atoms with Crippen LogP contribution in [0.1, 0.15) is 30.4 Å². The number of nitrogens with zero attached hydrogens (tertiary/aromatic N) is 1. The van der Waals surface area contributed by atoms with Gasteiger partial charge in [0.2, 0.25) is 10.0 Å². The highest BCUT2D eigenvalue weighted by Gasteiger charge is 2.39. The molecule has 1 fully saturated rings. The molecule has 0 spiro atoms. The predicted molar refractivity (Wildman–Crippen MR) is 74.7 cm³/mol. The van der Waals surface area contributed by atoms with Crippen molar-refractivity contribution in [3.05, 3.63) is 16.3 Å². The van der Waals surface area contributed by atoms with Crippen LogP contribution < -0.4 is 0 Å². The number of carboxylic acids is 1. The van der Waals surface area contributed by atoms with E-state index in [1.54, 1.807) is 6.92 Å². The van der Waals surface area contributed by atoms with Gasteiger partial charge in [-0.3, -0.25) is 0 Å². The molecule has 0 radical (unpaired) electrons. The van der Waals surface area contributed by atoms with E-state index in [-0.39, 0.29) is 29.0 Å². The highest BCUT2D eigenvalue weighted by Crippen LogP contribution is 2.30. The summed E-state index contributed by atoms with van der Waals surface area (Å²) in [5.41, 5.74) is -0.593. The molecule has 2 heterocycles. The Balaban J connectivity index is 2.40. The minimum atomic E-state index is -3.82. The molecule has 1 aliphatic rings. The second kappa shape index (κ2) is 5.10. The Labute approximate surface area is 122 Å². The zero-order valence-electron chi connectivity index (χ0n) is 11.5. The molecule has 112 valence electrons. The van der Waals surface area contributed by atoms with Crippen molar-refractivity contribution < 1.29 is 23.1 Å². The number of hydrogen-bond acceptors (Lipinski definition) is 5. The van der Waals surface area contributed by atoms with E-state index in [1.165, 1.54) is 15.8 Å². The summed E-state index contributed by atoms with van der Waals surface area (Å²) in [6.07, 6.45) is -0.236.